The van der Waals surface area contributed by atoms with Gasteiger partial charge in [0.05, 0.1) is 24.2 Å². The second-order valence-corrected chi connectivity index (χ2v) is 12.1. The molecule has 1 heterocycles. The zero-order valence-corrected chi connectivity index (χ0v) is 33.7. The minimum atomic E-state index is -0.769. The van der Waals surface area contributed by atoms with Crippen molar-refractivity contribution in [3.63, 3.8) is 0 Å². The van der Waals surface area contributed by atoms with Crippen molar-refractivity contribution in [3.8, 4) is 0 Å². The maximum atomic E-state index is 13.2. The van der Waals surface area contributed by atoms with Crippen molar-refractivity contribution in [3.05, 3.63) is 72.0 Å². The summed E-state index contributed by atoms with van der Waals surface area (Å²) in [7, 11) is 4.99. The van der Waals surface area contributed by atoms with E-state index in [1.165, 1.54) is 44.7 Å². The first kappa shape index (κ1) is 52.4. The van der Waals surface area contributed by atoms with Crippen molar-refractivity contribution in [2.45, 2.75) is 131 Å². The van der Waals surface area contributed by atoms with E-state index in [-0.39, 0.29) is 42.8 Å². The molecule has 8 N–H and O–H groups in total. The van der Waals surface area contributed by atoms with E-state index in [0.717, 1.165) is 43.2 Å². The van der Waals surface area contributed by atoms with Crippen LogP contribution in [0.3, 0.4) is 0 Å². The first-order valence-electron chi connectivity index (χ1n) is 18.7. The summed E-state index contributed by atoms with van der Waals surface area (Å²) < 4.78 is 0. The number of nitrogens with zero attached hydrogens (tertiary/aromatic N) is 1. The monoisotopic (exact) mass is 731 g/mol. The molecule has 11 nitrogen and oxygen atoms in total. The van der Waals surface area contributed by atoms with Crippen LogP contribution >= 0.6 is 0 Å². The maximum absolute atomic E-state index is 13.2. The highest BCUT2D eigenvalue weighted by Crippen LogP contribution is 2.31. The van der Waals surface area contributed by atoms with Crippen molar-refractivity contribution >= 4 is 23.6 Å². The number of likely N-dealkylation sites (tertiary alicyclic amines) is 1. The Kier molecular flexibility index (Phi) is 29.8. The number of amidine groups is 1. The van der Waals surface area contributed by atoms with Gasteiger partial charge in [0.25, 0.3) is 5.91 Å². The lowest BCUT2D eigenvalue weighted by Gasteiger charge is -2.39. The van der Waals surface area contributed by atoms with Crippen molar-refractivity contribution in [2.24, 2.45) is 5.73 Å². The Morgan fingerprint density at radius 1 is 1.08 bits per heavy atom. The van der Waals surface area contributed by atoms with Gasteiger partial charge in [0.15, 0.2) is 0 Å². The first-order chi connectivity index (χ1) is 24.3. The van der Waals surface area contributed by atoms with Crippen LogP contribution in [-0.2, 0) is 22.4 Å². The fraction of sp³-hybridized carbons (Fsp3) is 0.610. The van der Waals surface area contributed by atoms with Gasteiger partial charge in [-0.25, -0.2) is 0 Å². The van der Waals surface area contributed by atoms with E-state index in [2.05, 4.69) is 71.2 Å². The first-order valence-corrected chi connectivity index (χ1v) is 18.7. The fourth-order valence-electron chi connectivity index (χ4n) is 5.73. The van der Waals surface area contributed by atoms with Crippen LogP contribution in [0.2, 0.25) is 0 Å². The third-order valence-electron chi connectivity index (χ3n) is 8.48. The van der Waals surface area contributed by atoms with Crippen LogP contribution in [-0.4, -0.2) is 91.5 Å². The summed E-state index contributed by atoms with van der Waals surface area (Å²) in [6.45, 7) is 24.7. The Labute approximate surface area is 317 Å². The third-order valence-corrected chi connectivity index (χ3v) is 8.48. The SMILES string of the molecule is C.C=C(/C=C\C(=O)NC)C(=O)NC.C=CNCC([NH+]=C(N)CCC)C1(C)C(O)C(NC(=O)c2cccc3c2CCCC3)CN1C.CC.CC.CCC. The summed E-state index contributed by atoms with van der Waals surface area (Å²) in [4.78, 5) is 40.2. The highest BCUT2D eigenvalue weighted by molar-refractivity contribution is 5.98. The normalized spacial score (nSPS) is 19.3. The number of aliphatic hydroxyl groups excluding tert-OH is 1. The van der Waals surface area contributed by atoms with Crippen LogP contribution in [0.4, 0.5) is 0 Å². The van der Waals surface area contributed by atoms with Gasteiger partial charge in [0, 0.05) is 44.3 Å². The van der Waals surface area contributed by atoms with E-state index in [1.807, 2.05) is 53.8 Å². The largest absolute Gasteiger partial charge is 0.389 e. The van der Waals surface area contributed by atoms with Crippen molar-refractivity contribution < 1.29 is 24.5 Å². The van der Waals surface area contributed by atoms with Crippen LogP contribution in [0.1, 0.15) is 116 Å². The lowest BCUT2D eigenvalue weighted by Crippen LogP contribution is -2.90. The molecule has 0 radical (unpaired) electrons. The molecule has 3 rings (SSSR count). The Bertz CT molecular complexity index is 1260. The van der Waals surface area contributed by atoms with E-state index in [4.69, 9.17) is 5.73 Å². The molecule has 1 saturated heterocycles. The van der Waals surface area contributed by atoms with Crippen LogP contribution in [0.25, 0.3) is 0 Å². The predicted octanol–water partition coefficient (Wildman–Crippen LogP) is 3.76. The Balaban J connectivity index is -0.00000101. The Morgan fingerprint density at radius 3 is 2.21 bits per heavy atom. The zero-order chi connectivity index (χ0) is 39.6. The van der Waals surface area contributed by atoms with Gasteiger partial charge in [0.2, 0.25) is 17.6 Å². The van der Waals surface area contributed by atoms with Crippen molar-refractivity contribution in [2.75, 3.05) is 34.2 Å². The highest BCUT2D eigenvalue weighted by atomic mass is 16.3. The number of nitrogens with two attached hydrogens (primary N) is 1. The lowest BCUT2D eigenvalue weighted by atomic mass is 9.85. The molecule has 0 saturated carbocycles. The molecule has 0 spiro atoms. The topological polar surface area (TPSA) is 163 Å². The summed E-state index contributed by atoms with van der Waals surface area (Å²) in [5.74, 6) is 0.0417. The van der Waals surface area contributed by atoms with E-state index >= 15 is 0 Å². The number of fused-ring (bicyclic) bond motifs is 1. The summed E-state index contributed by atoms with van der Waals surface area (Å²) in [6, 6.07) is 5.45. The third kappa shape index (κ3) is 16.6. The average molecular weight is 731 g/mol. The number of benzene rings is 1. The fourth-order valence-corrected chi connectivity index (χ4v) is 5.73. The number of hydrogen-bond donors (Lipinski definition) is 7. The van der Waals surface area contributed by atoms with Crippen molar-refractivity contribution in [1.29, 1.82) is 0 Å². The number of hydrogen-bond acceptors (Lipinski definition) is 6. The van der Waals surface area contributed by atoms with E-state index in [9.17, 15) is 19.5 Å². The maximum Gasteiger partial charge on any atom is 0.251 e. The van der Waals surface area contributed by atoms with Gasteiger partial charge < -0.3 is 26.4 Å². The second kappa shape index (κ2) is 29.6. The van der Waals surface area contributed by atoms with Gasteiger partial charge in [-0.05, 0) is 75.5 Å². The van der Waals surface area contributed by atoms with Crippen LogP contribution in [0, 0.1) is 0 Å². The van der Waals surface area contributed by atoms with Gasteiger partial charge in [0.1, 0.15) is 6.04 Å². The van der Waals surface area contributed by atoms with E-state index in [1.54, 1.807) is 6.20 Å². The molecule has 4 unspecified atom stereocenters. The number of nitrogens with one attached hydrogen (secondary N) is 5. The van der Waals surface area contributed by atoms with Crippen molar-refractivity contribution in [1.82, 2.24) is 26.2 Å². The molecule has 2 aliphatic rings. The number of aliphatic hydroxyl groups is 1. The number of amides is 3. The van der Waals surface area contributed by atoms with Crippen LogP contribution in [0.5, 0.6) is 0 Å². The van der Waals surface area contributed by atoms with Crippen LogP contribution < -0.4 is 32.0 Å². The van der Waals surface area contributed by atoms with Gasteiger partial charge in [-0.15, -0.1) is 0 Å². The molecule has 52 heavy (non-hydrogen) atoms. The standard InChI is InChI=1S/C25H39N5O2.C8H12N2O2.C3H8.2C2H6.CH4/c1-5-10-22(26)29-21(15-27-6-2)25(3)23(31)20(16-30(25)4)28-24(32)19-14-9-12-17-11-7-8-13-18(17)19;1-6(8(12)10-3)4-5-7(11)9-2;1-3-2;2*1-2;/h6,9,12,14,20-21,23,27,31H,2,5,7-8,10-11,13,15-16H2,1,3-4H3,(H2,26,29)(H,28,32);4-5H,1H2,2-3H3,(H,9,11)(H,10,12);3H2,1-2H3;2*1-2H3;1H4/p+1/b;5-4-;;;;. The summed E-state index contributed by atoms with van der Waals surface area (Å²) >= 11 is 0. The predicted molar refractivity (Wildman–Crippen MR) is 220 cm³/mol. The lowest BCUT2D eigenvalue weighted by molar-refractivity contribution is -0.523. The highest BCUT2D eigenvalue weighted by Gasteiger charge is 2.54. The molecule has 1 aliphatic carbocycles. The summed E-state index contributed by atoms with van der Waals surface area (Å²) in [6.07, 6.45) is 10.7. The molecule has 0 aromatic heterocycles. The zero-order valence-electron chi connectivity index (χ0n) is 33.7. The molecule has 3 amide bonds. The second-order valence-electron chi connectivity index (χ2n) is 12.1. The number of carbonyl (C=O) groups is 3. The van der Waals surface area contributed by atoms with Gasteiger partial charge in [-0.3, -0.25) is 30.0 Å². The van der Waals surface area contributed by atoms with Crippen LogP contribution in [0.15, 0.2) is 55.3 Å². The average Bonchev–Trinajstić information content (AvgIpc) is 3.36. The van der Waals surface area contributed by atoms with Gasteiger partial charge in [-0.2, -0.15) is 0 Å². The minimum absolute atomic E-state index is 0. The molecule has 1 aliphatic heterocycles. The molecular weight excluding hydrogens is 654 g/mol. The number of carbonyl (C=O) groups excluding carboxylic acids is 3. The molecule has 1 aromatic rings. The van der Waals surface area contributed by atoms with Gasteiger partial charge in [-0.1, -0.05) is 87.6 Å². The Hall–Kier alpha value is -3.96. The molecule has 1 fully saturated rings. The molecule has 4 atom stereocenters. The minimum Gasteiger partial charge on any atom is -0.389 e. The molecule has 11 heteroatoms. The molecular formula is C41H76N7O4+. The molecule has 298 valence electrons. The number of rotatable bonds is 12. The van der Waals surface area contributed by atoms with Gasteiger partial charge >= 0.3 is 0 Å². The Morgan fingerprint density at radius 2 is 1.67 bits per heavy atom. The number of aryl methyl sites for hydroxylation is 1. The smallest absolute Gasteiger partial charge is 0.251 e. The summed E-state index contributed by atoms with van der Waals surface area (Å²) in [5.41, 5.74) is 9.01. The van der Waals surface area contributed by atoms with E-state index < -0.39 is 11.6 Å². The quantitative estimate of drug-likeness (QED) is 0.0746. The summed E-state index contributed by atoms with van der Waals surface area (Å²) in [5, 5.41) is 22.5. The number of likely N-dealkylation sites (N-methyl/N-ethyl adjacent to an activating group) is 3. The molecule has 1 aromatic carbocycles. The van der Waals surface area contributed by atoms with E-state index in [0.29, 0.717) is 18.9 Å². The molecule has 0 bridgehead atoms.